The number of aliphatic hydroxyl groups excluding tert-OH is 1. The number of phenolic OH excluding ortho intramolecular Hbond substituents is 1. The van der Waals surface area contributed by atoms with Gasteiger partial charge in [-0.3, -0.25) is 0 Å². The molecule has 0 saturated carbocycles. The van der Waals surface area contributed by atoms with Gasteiger partial charge in [-0.1, -0.05) is 23.9 Å². The Bertz CT molecular complexity index is 393. The van der Waals surface area contributed by atoms with Gasteiger partial charge in [-0.05, 0) is 36.8 Å². The van der Waals surface area contributed by atoms with E-state index in [1.54, 1.807) is 30.0 Å². The van der Waals surface area contributed by atoms with E-state index in [2.05, 4.69) is 0 Å². The molecule has 1 unspecified atom stereocenters. The van der Waals surface area contributed by atoms with E-state index in [1.807, 2.05) is 24.3 Å². The highest BCUT2D eigenvalue weighted by molar-refractivity contribution is 8.03. The van der Waals surface area contributed by atoms with E-state index >= 15 is 0 Å². The molecule has 0 saturated heterocycles. The van der Waals surface area contributed by atoms with E-state index in [0.717, 1.165) is 9.80 Å². The number of hydrogen-bond acceptors (Lipinski definition) is 3. The van der Waals surface area contributed by atoms with Crippen LogP contribution >= 0.6 is 11.8 Å². The molecule has 0 fully saturated rings. The molecule has 0 heterocycles. The minimum Gasteiger partial charge on any atom is -0.508 e. The van der Waals surface area contributed by atoms with Gasteiger partial charge in [0.05, 0.1) is 6.10 Å². The lowest BCUT2D eigenvalue weighted by Crippen LogP contribution is -2.02. The highest BCUT2D eigenvalue weighted by Gasteiger charge is 2.05. The van der Waals surface area contributed by atoms with Gasteiger partial charge in [-0.25, -0.2) is 0 Å². The molecule has 2 N–H and O–H groups in total. The van der Waals surface area contributed by atoms with E-state index in [-0.39, 0.29) is 11.9 Å². The number of hydrogen-bond donors (Lipinski definition) is 2. The summed E-state index contributed by atoms with van der Waals surface area (Å²) < 4.78 is 0. The number of phenols is 1. The van der Waals surface area contributed by atoms with Crippen molar-refractivity contribution in [1.29, 1.82) is 0 Å². The molecule has 0 bridgehead atoms. The molecule has 1 aliphatic carbocycles. The molecule has 78 valence electrons. The van der Waals surface area contributed by atoms with Crippen molar-refractivity contribution in [2.45, 2.75) is 17.4 Å². The van der Waals surface area contributed by atoms with Crippen molar-refractivity contribution in [3.05, 3.63) is 47.4 Å². The van der Waals surface area contributed by atoms with Gasteiger partial charge in [0.2, 0.25) is 0 Å². The van der Waals surface area contributed by atoms with Crippen molar-refractivity contribution in [2.75, 3.05) is 0 Å². The fourth-order valence-corrected chi connectivity index (χ4v) is 2.19. The average Bonchev–Trinajstić information content (AvgIpc) is 2.25. The van der Waals surface area contributed by atoms with Gasteiger partial charge in [0.15, 0.2) is 0 Å². The largest absolute Gasteiger partial charge is 0.508 e. The summed E-state index contributed by atoms with van der Waals surface area (Å²) in [6.45, 7) is 0. The molecule has 1 aromatic carbocycles. The number of aliphatic hydroxyl groups is 1. The maximum atomic E-state index is 9.26. The van der Waals surface area contributed by atoms with Crippen LogP contribution in [0.1, 0.15) is 6.42 Å². The fourth-order valence-electron chi connectivity index (χ4n) is 1.32. The van der Waals surface area contributed by atoms with Crippen LogP contribution in [0.15, 0.2) is 52.3 Å². The van der Waals surface area contributed by atoms with Gasteiger partial charge in [0.1, 0.15) is 5.75 Å². The van der Waals surface area contributed by atoms with Crippen LogP contribution in [0, 0.1) is 0 Å². The monoisotopic (exact) mass is 220 g/mol. The van der Waals surface area contributed by atoms with Gasteiger partial charge in [0.25, 0.3) is 0 Å². The Kier molecular flexibility index (Phi) is 3.14. The van der Waals surface area contributed by atoms with Crippen LogP contribution in [0.2, 0.25) is 0 Å². The van der Waals surface area contributed by atoms with Crippen molar-refractivity contribution in [2.24, 2.45) is 0 Å². The highest BCUT2D eigenvalue weighted by atomic mass is 32.2. The third kappa shape index (κ3) is 2.88. The number of rotatable bonds is 2. The Morgan fingerprint density at radius 2 is 1.93 bits per heavy atom. The molecular weight excluding hydrogens is 208 g/mol. The Hall–Kier alpha value is -1.19. The number of benzene rings is 1. The lowest BCUT2D eigenvalue weighted by Gasteiger charge is -2.10. The standard InChI is InChI=1S/C12H12O2S/c13-9-1-5-11(6-2-9)15-12-7-3-10(14)4-8-12/h1-3,5-8,10,13-14H,4H2. The van der Waals surface area contributed by atoms with Crippen molar-refractivity contribution in [3.63, 3.8) is 0 Å². The smallest absolute Gasteiger partial charge is 0.115 e. The van der Waals surface area contributed by atoms with Crippen LogP contribution in [-0.4, -0.2) is 16.3 Å². The first-order valence-electron chi connectivity index (χ1n) is 4.77. The van der Waals surface area contributed by atoms with Crippen LogP contribution in [0.4, 0.5) is 0 Å². The lowest BCUT2D eigenvalue weighted by atomic mass is 10.1. The second-order valence-corrected chi connectivity index (χ2v) is 4.51. The predicted octanol–water partition coefficient (Wildman–Crippen LogP) is 2.69. The highest BCUT2D eigenvalue weighted by Crippen LogP contribution is 2.30. The van der Waals surface area contributed by atoms with Crippen molar-refractivity contribution in [1.82, 2.24) is 0 Å². The Morgan fingerprint density at radius 1 is 1.20 bits per heavy atom. The second-order valence-electron chi connectivity index (χ2n) is 3.36. The molecule has 0 amide bonds. The maximum Gasteiger partial charge on any atom is 0.115 e. The summed E-state index contributed by atoms with van der Waals surface area (Å²) in [4.78, 5) is 2.21. The summed E-state index contributed by atoms with van der Waals surface area (Å²) in [5.74, 6) is 0.280. The first-order valence-corrected chi connectivity index (χ1v) is 5.59. The molecule has 0 radical (unpaired) electrons. The molecular formula is C12H12O2S. The fraction of sp³-hybridized carbons (Fsp3) is 0.167. The third-order valence-corrected chi connectivity index (χ3v) is 3.16. The minimum absolute atomic E-state index is 0.280. The Morgan fingerprint density at radius 3 is 2.53 bits per heavy atom. The molecule has 2 nitrogen and oxygen atoms in total. The van der Waals surface area contributed by atoms with Crippen molar-refractivity contribution in [3.8, 4) is 5.75 Å². The molecule has 2 rings (SSSR count). The van der Waals surface area contributed by atoms with E-state index in [0.29, 0.717) is 6.42 Å². The van der Waals surface area contributed by atoms with Crippen LogP contribution in [0.5, 0.6) is 5.75 Å². The second kappa shape index (κ2) is 4.55. The summed E-state index contributed by atoms with van der Waals surface area (Å²) in [5, 5.41) is 18.4. The predicted molar refractivity (Wildman–Crippen MR) is 61.8 cm³/mol. The van der Waals surface area contributed by atoms with Crippen LogP contribution in [0.3, 0.4) is 0 Å². The number of thioether (sulfide) groups is 1. The van der Waals surface area contributed by atoms with Gasteiger partial charge >= 0.3 is 0 Å². The van der Waals surface area contributed by atoms with E-state index in [9.17, 15) is 5.11 Å². The molecule has 1 atom stereocenters. The van der Waals surface area contributed by atoms with Crippen LogP contribution in [-0.2, 0) is 0 Å². The summed E-state index contributed by atoms with van der Waals surface area (Å²) in [7, 11) is 0. The van der Waals surface area contributed by atoms with Crippen molar-refractivity contribution >= 4 is 11.8 Å². The molecule has 3 heteroatoms. The first kappa shape index (κ1) is 10.3. The summed E-state index contributed by atoms with van der Waals surface area (Å²) >= 11 is 1.63. The molecule has 15 heavy (non-hydrogen) atoms. The van der Waals surface area contributed by atoms with E-state index < -0.39 is 0 Å². The first-order chi connectivity index (χ1) is 7.24. The summed E-state index contributed by atoms with van der Waals surface area (Å²) in [5.41, 5.74) is 0. The summed E-state index contributed by atoms with van der Waals surface area (Å²) in [6, 6.07) is 7.09. The van der Waals surface area contributed by atoms with E-state index in [1.165, 1.54) is 0 Å². The molecule has 0 spiro atoms. The van der Waals surface area contributed by atoms with Gasteiger partial charge in [-0.15, -0.1) is 0 Å². The topological polar surface area (TPSA) is 40.5 Å². The van der Waals surface area contributed by atoms with E-state index in [4.69, 9.17) is 5.11 Å². The molecule has 0 aliphatic heterocycles. The normalized spacial score (nSPS) is 20.1. The van der Waals surface area contributed by atoms with Crippen LogP contribution in [0.25, 0.3) is 0 Å². The zero-order valence-electron chi connectivity index (χ0n) is 8.13. The van der Waals surface area contributed by atoms with Gasteiger partial charge < -0.3 is 10.2 Å². The molecule has 0 aromatic heterocycles. The Balaban J connectivity index is 2.04. The third-order valence-electron chi connectivity index (χ3n) is 2.12. The molecule has 1 aromatic rings. The van der Waals surface area contributed by atoms with Gasteiger partial charge in [-0.2, -0.15) is 0 Å². The number of allylic oxidation sites excluding steroid dienone is 1. The van der Waals surface area contributed by atoms with Crippen molar-refractivity contribution < 1.29 is 10.2 Å². The SMILES string of the molecule is Oc1ccc(SC2=CCC(O)C=C2)cc1. The number of aromatic hydroxyl groups is 1. The lowest BCUT2D eigenvalue weighted by molar-refractivity contribution is 0.225. The Labute approximate surface area is 92.9 Å². The minimum atomic E-state index is -0.339. The summed E-state index contributed by atoms with van der Waals surface area (Å²) in [6.07, 6.45) is 6.07. The zero-order valence-corrected chi connectivity index (χ0v) is 8.95. The average molecular weight is 220 g/mol. The van der Waals surface area contributed by atoms with Crippen LogP contribution < -0.4 is 0 Å². The quantitative estimate of drug-likeness (QED) is 0.805. The molecule has 1 aliphatic rings. The maximum absolute atomic E-state index is 9.26. The van der Waals surface area contributed by atoms with Gasteiger partial charge in [0, 0.05) is 9.80 Å². The zero-order chi connectivity index (χ0) is 10.7.